The Morgan fingerprint density at radius 2 is 1.93 bits per heavy atom. The first-order valence-electron chi connectivity index (χ1n) is 15.1. The van der Waals surface area contributed by atoms with E-state index in [9.17, 15) is 19.2 Å². The van der Waals surface area contributed by atoms with Crippen molar-refractivity contribution in [1.29, 1.82) is 0 Å². The number of hydrogen-bond donors (Lipinski definition) is 2. The van der Waals surface area contributed by atoms with Gasteiger partial charge in [0.15, 0.2) is 5.78 Å². The topological polar surface area (TPSA) is 148 Å². The number of rotatable bonds is 4. The Morgan fingerprint density at radius 1 is 1.16 bits per heavy atom. The highest BCUT2D eigenvalue weighted by atomic mass is 79.9. The summed E-state index contributed by atoms with van der Waals surface area (Å²) in [4.78, 5) is 62.7. The summed E-state index contributed by atoms with van der Waals surface area (Å²) in [7, 11) is 0. The van der Waals surface area contributed by atoms with Crippen molar-refractivity contribution in [2.45, 2.75) is 84.3 Å². The monoisotopic (exact) mass is 665 g/mol. The van der Waals surface area contributed by atoms with Crippen LogP contribution in [0, 0.1) is 18.3 Å². The van der Waals surface area contributed by atoms with Crippen LogP contribution in [-0.2, 0) is 27.3 Å². The van der Waals surface area contributed by atoms with Crippen LogP contribution >= 0.6 is 16.1 Å². The lowest BCUT2D eigenvalue weighted by Crippen LogP contribution is -2.47. The Morgan fingerprint density at radius 3 is 2.66 bits per heavy atom. The number of hydrogen-bond acceptors (Lipinski definition) is 8. The maximum Gasteiger partial charge on any atom is 0.321 e. The number of Topliss-reactive ketones (excluding diaryl/α,β-unsaturated/α-hetero) is 1. The van der Waals surface area contributed by atoms with Crippen LogP contribution < -0.4 is 14.4 Å². The van der Waals surface area contributed by atoms with Crippen LogP contribution in [0.4, 0.5) is 0 Å². The maximum absolute atomic E-state index is 14.0. The highest BCUT2D eigenvalue weighted by Gasteiger charge is 2.67. The zero-order chi connectivity index (χ0) is 31.2. The third-order valence-electron chi connectivity index (χ3n) is 9.15. The van der Waals surface area contributed by atoms with Crippen LogP contribution in [0.5, 0.6) is 11.8 Å². The molecular formula is C31H36BrN7O5. The van der Waals surface area contributed by atoms with Gasteiger partial charge in [-0.15, -0.1) is 0 Å². The number of nitrogens with one attached hydrogen (secondary N) is 2. The van der Waals surface area contributed by atoms with E-state index in [-0.39, 0.29) is 59.1 Å². The van der Waals surface area contributed by atoms with Gasteiger partial charge >= 0.3 is 6.01 Å². The molecule has 2 N–H and O–H groups in total. The minimum Gasteiger partial charge on any atom is -0.424 e. The van der Waals surface area contributed by atoms with Crippen molar-refractivity contribution >= 4 is 50.6 Å². The molecule has 0 radical (unpaired) electrons. The molecule has 1 aliphatic carbocycles. The number of amides is 3. The van der Waals surface area contributed by atoms with Gasteiger partial charge < -0.3 is 15.0 Å². The van der Waals surface area contributed by atoms with Crippen molar-refractivity contribution in [1.82, 2.24) is 34.3 Å². The van der Waals surface area contributed by atoms with Gasteiger partial charge in [-0.25, -0.2) is 9.97 Å². The first-order chi connectivity index (χ1) is 21.1. The van der Waals surface area contributed by atoms with Crippen LogP contribution in [0.15, 0.2) is 24.5 Å². The number of ketones is 1. The fourth-order valence-electron chi connectivity index (χ4n) is 6.85. The fraction of sp³-hybridized carbons (Fsp3) is 0.516. The molecule has 2 fully saturated rings. The molecule has 6 rings (SSSR count). The predicted molar refractivity (Wildman–Crippen MR) is 164 cm³/mol. The van der Waals surface area contributed by atoms with E-state index >= 15 is 0 Å². The van der Waals surface area contributed by atoms with E-state index in [0.29, 0.717) is 48.9 Å². The molecule has 3 amide bonds. The van der Waals surface area contributed by atoms with Crippen molar-refractivity contribution in [3.05, 3.63) is 41.3 Å². The van der Waals surface area contributed by atoms with Gasteiger partial charge in [0.1, 0.15) is 24.0 Å². The highest BCUT2D eigenvalue weighted by Crippen LogP contribution is 2.59. The number of carbonyl (C=O) groups is 4. The Labute approximate surface area is 263 Å². The molecule has 4 heterocycles. The number of nitrogens with zero attached hydrogens (tertiary/aromatic N) is 5. The summed E-state index contributed by atoms with van der Waals surface area (Å²) in [5.74, 6) is -0.142. The summed E-state index contributed by atoms with van der Waals surface area (Å²) in [6.45, 7) is 5.71. The van der Waals surface area contributed by atoms with E-state index in [4.69, 9.17) is 4.74 Å². The third-order valence-corrected chi connectivity index (χ3v) is 9.54. The largest absolute Gasteiger partial charge is 0.424 e. The molecule has 2 aliphatic heterocycles. The number of halogens is 1. The lowest BCUT2D eigenvalue weighted by Gasteiger charge is -2.26. The molecule has 1 saturated carbocycles. The Balaban J connectivity index is 1.42. The van der Waals surface area contributed by atoms with Crippen LogP contribution in [0.1, 0.15) is 74.0 Å². The van der Waals surface area contributed by atoms with Gasteiger partial charge in [-0.3, -0.25) is 28.2 Å². The summed E-state index contributed by atoms with van der Waals surface area (Å²) in [6, 6.07) is 2.98. The van der Waals surface area contributed by atoms with Crippen molar-refractivity contribution in [2.75, 3.05) is 6.54 Å². The minimum absolute atomic E-state index is 0.00473. The van der Waals surface area contributed by atoms with E-state index in [2.05, 4.69) is 47.8 Å². The molecule has 12 nitrogen and oxygen atoms in total. The zero-order valence-electron chi connectivity index (χ0n) is 25.1. The lowest BCUT2D eigenvalue weighted by atomic mass is 9.96. The Hall–Kier alpha value is -3.87. The summed E-state index contributed by atoms with van der Waals surface area (Å²) in [6.07, 6.45) is 8.19. The molecule has 3 aromatic rings. The smallest absolute Gasteiger partial charge is 0.321 e. The van der Waals surface area contributed by atoms with E-state index in [0.717, 1.165) is 30.4 Å². The van der Waals surface area contributed by atoms with Crippen LogP contribution in [0.25, 0.3) is 10.9 Å². The second-order valence-electron chi connectivity index (χ2n) is 12.6. The third kappa shape index (κ3) is 5.81. The van der Waals surface area contributed by atoms with E-state index in [1.807, 2.05) is 13.0 Å². The molecule has 0 unspecified atom stereocenters. The average Bonchev–Trinajstić information content (AvgIpc) is 3.40. The summed E-state index contributed by atoms with van der Waals surface area (Å²) >= 11 is 3.05. The second kappa shape index (κ2) is 11.9. The molecule has 3 aliphatic rings. The van der Waals surface area contributed by atoms with Gasteiger partial charge in [0.2, 0.25) is 11.8 Å². The first kappa shape index (κ1) is 30.2. The van der Waals surface area contributed by atoms with Crippen LogP contribution in [0.2, 0.25) is 0 Å². The standard InChI is InChI=1S/C31H36BrN7O5/c1-17-6-4-5-7-20-9-21(44-30-33-13-18(2)14-34-30)10-22-27(19(3)40)37-38(28(20)22)15-26(42)39-23(29(43)36-32)11-31(12-24(31)39)16-35-25(41)8-17/h9-10,13-14,17,23-24H,4-8,11-12,15-16H2,1-3H3,(H,35,41)(H,36,43)/t17-,23+,24-,31+/m1/s1. The molecule has 2 bridgehead atoms. The molecular weight excluding hydrogens is 630 g/mol. The van der Waals surface area contributed by atoms with Crippen LogP contribution in [0.3, 0.4) is 0 Å². The second-order valence-corrected chi connectivity index (χ2v) is 13.0. The molecule has 232 valence electrons. The van der Waals surface area contributed by atoms with Gasteiger partial charge in [0, 0.05) is 65.3 Å². The Kier molecular flexibility index (Phi) is 8.16. The summed E-state index contributed by atoms with van der Waals surface area (Å²) < 4.78 is 10.1. The predicted octanol–water partition coefficient (Wildman–Crippen LogP) is 3.78. The average molecular weight is 667 g/mol. The number of benzene rings is 1. The molecule has 2 aromatic heterocycles. The molecule has 44 heavy (non-hydrogen) atoms. The van der Waals surface area contributed by atoms with Gasteiger partial charge in [-0.05, 0) is 61.8 Å². The molecule has 13 heteroatoms. The van der Waals surface area contributed by atoms with Crippen LogP contribution in [-0.4, -0.2) is 66.8 Å². The maximum atomic E-state index is 14.0. The summed E-state index contributed by atoms with van der Waals surface area (Å²) in [5, 5.41) is 8.32. The van der Waals surface area contributed by atoms with Gasteiger partial charge in [0.05, 0.1) is 5.52 Å². The quantitative estimate of drug-likeness (QED) is 0.316. The number of aromatic nitrogens is 4. The van der Waals surface area contributed by atoms with Crippen molar-refractivity contribution in [3.63, 3.8) is 0 Å². The van der Waals surface area contributed by atoms with E-state index in [1.165, 1.54) is 6.92 Å². The minimum atomic E-state index is -0.682. The van der Waals surface area contributed by atoms with Crippen molar-refractivity contribution in [2.24, 2.45) is 11.3 Å². The van der Waals surface area contributed by atoms with Gasteiger partial charge in [0.25, 0.3) is 5.91 Å². The molecule has 1 saturated heterocycles. The normalized spacial score (nSPS) is 25.6. The SMILES string of the molecule is CC(=O)c1nn2c3c(cc(Oc4ncc(C)cn4)cc13)CCCC[C@@H](C)CC(=O)NC[C@@]13C[C@@H](C(=O)NBr)N(C(=O)C2)[C@@H]1C3. The van der Waals surface area contributed by atoms with Crippen molar-refractivity contribution < 1.29 is 23.9 Å². The molecule has 0 spiro atoms. The van der Waals surface area contributed by atoms with Gasteiger partial charge in [-0.1, -0.05) is 19.8 Å². The van der Waals surface area contributed by atoms with E-state index < -0.39 is 6.04 Å². The summed E-state index contributed by atoms with van der Waals surface area (Å²) in [5.41, 5.74) is 2.38. The lowest BCUT2D eigenvalue weighted by molar-refractivity contribution is -0.139. The van der Waals surface area contributed by atoms with E-state index in [1.54, 1.807) is 28.0 Å². The van der Waals surface area contributed by atoms with Crippen molar-refractivity contribution in [3.8, 4) is 11.8 Å². The fourth-order valence-corrected chi connectivity index (χ4v) is 7.12. The first-order valence-corrected chi connectivity index (χ1v) is 15.9. The highest BCUT2D eigenvalue weighted by molar-refractivity contribution is 9.08. The number of piperidine rings is 1. The molecule has 1 aromatic carbocycles. The number of aryl methyl sites for hydroxylation is 2. The van der Waals surface area contributed by atoms with Gasteiger partial charge in [-0.2, -0.15) is 5.10 Å². The number of ether oxygens (including phenoxy) is 1. The zero-order valence-corrected chi connectivity index (χ0v) is 26.6. The molecule has 4 atom stereocenters. The number of carbonyl (C=O) groups excluding carboxylic acids is 4. The Bertz CT molecular complexity index is 1640.